The first kappa shape index (κ1) is 20.0. The van der Waals surface area contributed by atoms with Crippen LogP contribution in [0.3, 0.4) is 0 Å². The maximum absolute atomic E-state index is 4.14. The molecule has 0 unspecified atom stereocenters. The summed E-state index contributed by atoms with van der Waals surface area (Å²) in [6, 6.07) is 15.9. The third kappa shape index (κ3) is 4.95. The van der Waals surface area contributed by atoms with Gasteiger partial charge in [0.2, 0.25) is 0 Å². The van der Waals surface area contributed by atoms with Crippen LogP contribution in [0.2, 0.25) is 0 Å². The Labute approximate surface area is 151 Å². The van der Waals surface area contributed by atoms with E-state index in [0.29, 0.717) is 6.04 Å². The van der Waals surface area contributed by atoms with E-state index in [1.807, 2.05) is 0 Å². The van der Waals surface area contributed by atoms with Gasteiger partial charge in [0.15, 0.2) is 0 Å². The second-order valence-corrected chi connectivity index (χ2v) is 6.07. The van der Waals surface area contributed by atoms with Crippen LogP contribution in [0.15, 0.2) is 54.6 Å². The molecular formula is C19H26Cl2N2. The number of nitrogens with one attached hydrogen (secondary N) is 1. The number of halogens is 2. The summed E-state index contributed by atoms with van der Waals surface area (Å²) < 4.78 is 0. The van der Waals surface area contributed by atoms with Crippen LogP contribution in [0.5, 0.6) is 0 Å². The summed E-state index contributed by atoms with van der Waals surface area (Å²) in [6.45, 7) is 10.7. The van der Waals surface area contributed by atoms with Crippen molar-refractivity contribution in [3.8, 4) is 0 Å². The second kappa shape index (κ2) is 9.29. The lowest BCUT2D eigenvalue weighted by molar-refractivity contribution is 0.172. The van der Waals surface area contributed by atoms with Gasteiger partial charge in [-0.1, -0.05) is 42.0 Å². The van der Waals surface area contributed by atoms with Crippen LogP contribution in [0.1, 0.15) is 24.9 Å². The predicted octanol–water partition coefficient (Wildman–Crippen LogP) is 4.60. The van der Waals surface area contributed by atoms with Crippen molar-refractivity contribution in [1.29, 1.82) is 0 Å². The molecule has 0 spiro atoms. The Bertz CT molecular complexity index is 636. The second-order valence-electron chi connectivity index (χ2n) is 6.07. The van der Waals surface area contributed by atoms with Crippen molar-refractivity contribution in [2.24, 2.45) is 0 Å². The van der Waals surface area contributed by atoms with Crippen molar-refractivity contribution >= 4 is 35.6 Å². The molecule has 0 bridgehead atoms. The van der Waals surface area contributed by atoms with E-state index in [1.165, 1.54) is 21.9 Å². The Morgan fingerprint density at radius 3 is 2.39 bits per heavy atom. The number of piperazine rings is 1. The summed E-state index contributed by atoms with van der Waals surface area (Å²) in [6.07, 6.45) is 1.04. The smallest absolute Gasteiger partial charge is 0.0386 e. The van der Waals surface area contributed by atoms with E-state index in [9.17, 15) is 0 Å². The maximum atomic E-state index is 4.14. The van der Waals surface area contributed by atoms with E-state index in [0.717, 1.165) is 32.6 Å². The Balaban J connectivity index is 0.00000132. The molecule has 0 saturated carbocycles. The standard InChI is InChI=1S/C19H24N2.2ClH/c1-15(2)13-19(21-11-9-20-10-12-21)18-8-7-16-5-3-4-6-17(16)14-18;;/h3-8,14,19-20H,1,9-13H2,2H3;2*1H/t19-;;/m0../s1. The summed E-state index contributed by atoms with van der Waals surface area (Å²) in [7, 11) is 0. The fourth-order valence-electron chi connectivity index (χ4n) is 3.20. The van der Waals surface area contributed by atoms with Crippen LogP contribution < -0.4 is 5.32 Å². The van der Waals surface area contributed by atoms with Crippen LogP contribution in [-0.2, 0) is 0 Å². The minimum Gasteiger partial charge on any atom is -0.314 e. The fraction of sp³-hybridized carbons (Fsp3) is 0.368. The molecule has 1 aliphatic rings. The average Bonchev–Trinajstić information content (AvgIpc) is 2.53. The Kier molecular flexibility index (Phi) is 8.07. The molecule has 3 rings (SSSR count). The average molecular weight is 353 g/mol. The van der Waals surface area contributed by atoms with Crippen molar-refractivity contribution in [2.75, 3.05) is 26.2 Å². The molecule has 1 N–H and O–H groups in total. The molecule has 0 amide bonds. The zero-order valence-corrected chi connectivity index (χ0v) is 15.3. The minimum atomic E-state index is 0. The molecule has 23 heavy (non-hydrogen) atoms. The molecule has 1 fully saturated rings. The van der Waals surface area contributed by atoms with Gasteiger partial charge < -0.3 is 5.32 Å². The topological polar surface area (TPSA) is 15.3 Å². The zero-order chi connectivity index (χ0) is 14.7. The Morgan fingerprint density at radius 1 is 1.09 bits per heavy atom. The maximum Gasteiger partial charge on any atom is 0.0386 e. The van der Waals surface area contributed by atoms with Crippen molar-refractivity contribution in [1.82, 2.24) is 10.2 Å². The molecule has 4 heteroatoms. The van der Waals surface area contributed by atoms with Crippen molar-refractivity contribution in [2.45, 2.75) is 19.4 Å². The quantitative estimate of drug-likeness (QED) is 0.809. The highest BCUT2D eigenvalue weighted by atomic mass is 35.5. The van der Waals surface area contributed by atoms with Gasteiger partial charge in [0, 0.05) is 32.2 Å². The van der Waals surface area contributed by atoms with Gasteiger partial charge in [0.1, 0.15) is 0 Å². The first-order chi connectivity index (χ1) is 10.2. The zero-order valence-electron chi connectivity index (χ0n) is 13.6. The van der Waals surface area contributed by atoms with Gasteiger partial charge in [-0.15, -0.1) is 31.4 Å². The van der Waals surface area contributed by atoms with Gasteiger partial charge in [-0.25, -0.2) is 0 Å². The van der Waals surface area contributed by atoms with Gasteiger partial charge in [-0.05, 0) is 35.7 Å². The molecule has 1 saturated heterocycles. The van der Waals surface area contributed by atoms with Crippen LogP contribution in [0, 0.1) is 0 Å². The summed E-state index contributed by atoms with van der Waals surface area (Å²) in [5, 5.41) is 6.09. The predicted molar refractivity (Wildman–Crippen MR) is 105 cm³/mol. The monoisotopic (exact) mass is 352 g/mol. The van der Waals surface area contributed by atoms with E-state index < -0.39 is 0 Å². The number of rotatable bonds is 4. The van der Waals surface area contributed by atoms with E-state index >= 15 is 0 Å². The molecule has 2 aromatic carbocycles. The highest BCUT2D eigenvalue weighted by Crippen LogP contribution is 2.29. The first-order valence-electron chi connectivity index (χ1n) is 7.82. The van der Waals surface area contributed by atoms with Gasteiger partial charge in [-0.2, -0.15) is 0 Å². The van der Waals surface area contributed by atoms with E-state index in [4.69, 9.17) is 0 Å². The van der Waals surface area contributed by atoms with Crippen molar-refractivity contribution in [3.05, 3.63) is 60.2 Å². The molecule has 0 aliphatic carbocycles. The normalized spacial score (nSPS) is 16.2. The van der Waals surface area contributed by atoms with E-state index in [-0.39, 0.29) is 24.8 Å². The molecule has 1 atom stereocenters. The molecule has 0 radical (unpaired) electrons. The number of hydrogen-bond donors (Lipinski definition) is 1. The lowest BCUT2D eigenvalue weighted by Crippen LogP contribution is -2.45. The highest BCUT2D eigenvalue weighted by molar-refractivity contribution is 5.85. The molecule has 1 heterocycles. The third-order valence-corrected chi connectivity index (χ3v) is 4.29. The van der Waals surface area contributed by atoms with Gasteiger partial charge in [-0.3, -0.25) is 4.90 Å². The fourth-order valence-corrected chi connectivity index (χ4v) is 3.20. The molecule has 126 valence electrons. The molecule has 0 aromatic heterocycles. The van der Waals surface area contributed by atoms with E-state index in [2.05, 4.69) is 66.2 Å². The number of fused-ring (bicyclic) bond motifs is 1. The number of nitrogens with zero attached hydrogens (tertiary/aromatic N) is 1. The molecule has 2 nitrogen and oxygen atoms in total. The van der Waals surface area contributed by atoms with Gasteiger partial charge in [0.05, 0.1) is 0 Å². The van der Waals surface area contributed by atoms with Crippen molar-refractivity contribution < 1.29 is 0 Å². The minimum absolute atomic E-state index is 0. The molecular weight excluding hydrogens is 327 g/mol. The third-order valence-electron chi connectivity index (χ3n) is 4.29. The SMILES string of the molecule is C=C(C)C[C@@H](c1ccc2ccccc2c1)N1CCNCC1.Cl.Cl. The van der Waals surface area contributed by atoms with E-state index in [1.54, 1.807) is 0 Å². The van der Waals surface area contributed by atoms with Crippen LogP contribution in [-0.4, -0.2) is 31.1 Å². The number of hydrogen-bond acceptors (Lipinski definition) is 2. The van der Waals surface area contributed by atoms with Gasteiger partial charge in [0.25, 0.3) is 0 Å². The van der Waals surface area contributed by atoms with Crippen LogP contribution in [0.25, 0.3) is 10.8 Å². The summed E-state index contributed by atoms with van der Waals surface area (Å²) in [5.74, 6) is 0. The van der Waals surface area contributed by atoms with Gasteiger partial charge >= 0.3 is 0 Å². The summed E-state index contributed by atoms with van der Waals surface area (Å²) >= 11 is 0. The largest absolute Gasteiger partial charge is 0.314 e. The molecule has 1 aliphatic heterocycles. The summed E-state index contributed by atoms with van der Waals surface area (Å²) in [4.78, 5) is 2.59. The molecule has 2 aromatic rings. The lowest BCUT2D eigenvalue weighted by Gasteiger charge is -2.35. The van der Waals surface area contributed by atoms with Crippen LogP contribution in [0.4, 0.5) is 0 Å². The first-order valence-corrected chi connectivity index (χ1v) is 7.82. The lowest BCUT2D eigenvalue weighted by atomic mass is 9.95. The Hall–Kier alpha value is -1.06. The highest BCUT2D eigenvalue weighted by Gasteiger charge is 2.22. The van der Waals surface area contributed by atoms with Crippen molar-refractivity contribution in [3.63, 3.8) is 0 Å². The summed E-state index contributed by atoms with van der Waals surface area (Å²) in [5.41, 5.74) is 2.67. The number of benzene rings is 2. The van der Waals surface area contributed by atoms with Crippen LogP contribution >= 0.6 is 24.8 Å². The Morgan fingerprint density at radius 2 is 1.74 bits per heavy atom.